The van der Waals surface area contributed by atoms with Crippen LogP contribution in [0.4, 0.5) is 0 Å². The predicted octanol–water partition coefficient (Wildman–Crippen LogP) is 4.55. The summed E-state index contributed by atoms with van der Waals surface area (Å²) in [5.41, 5.74) is 8.56. The van der Waals surface area contributed by atoms with Gasteiger partial charge in [0.2, 0.25) is 0 Å². The molecule has 1 heteroatoms. The standard InChI is InChI=1S/C18H29N/c1-17(2,3)16-10-13-18(19,14-11-16)12-9-15-7-5-4-6-8-15/h4-8,16H,9-14,19H2,1-3H3. The fraction of sp³-hybridized carbons (Fsp3) is 0.667. The second kappa shape index (κ2) is 5.66. The fourth-order valence-corrected chi connectivity index (χ4v) is 3.35. The van der Waals surface area contributed by atoms with Crippen LogP contribution in [0.3, 0.4) is 0 Å². The summed E-state index contributed by atoms with van der Waals surface area (Å²) < 4.78 is 0. The third-order valence-electron chi connectivity index (χ3n) is 4.96. The van der Waals surface area contributed by atoms with E-state index in [0.29, 0.717) is 5.41 Å². The number of benzene rings is 1. The van der Waals surface area contributed by atoms with E-state index in [1.165, 1.54) is 31.2 Å². The Morgan fingerprint density at radius 3 is 2.21 bits per heavy atom. The van der Waals surface area contributed by atoms with Crippen LogP contribution in [-0.2, 0) is 6.42 Å². The lowest BCUT2D eigenvalue weighted by Crippen LogP contribution is -2.45. The van der Waals surface area contributed by atoms with Crippen LogP contribution in [-0.4, -0.2) is 5.54 Å². The van der Waals surface area contributed by atoms with Crippen molar-refractivity contribution in [1.82, 2.24) is 0 Å². The molecule has 0 heterocycles. The first-order valence-corrected chi connectivity index (χ1v) is 7.72. The highest BCUT2D eigenvalue weighted by Crippen LogP contribution is 2.41. The lowest BCUT2D eigenvalue weighted by Gasteiger charge is -2.42. The molecular weight excluding hydrogens is 230 g/mol. The van der Waals surface area contributed by atoms with Gasteiger partial charge >= 0.3 is 0 Å². The Morgan fingerprint density at radius 2 is 1.68 bits per heavy atom. The van der Waals surface area contributed by atoms with Gasteiger partial charge in [0, 0.05) is 5.54 Å². The lowest BCUT2D eigenvalue weighted by atomic mass is 9.66. The van der Waals surface area contributed by atoms with E-state index in [4.69, 9.17) is 5.73 Å². The van der Waals surface area contributed by atoms with E-state index < -0.39 is 0 Å². The van der Waals surface area contributed by atoms with Crippen molar-refractivity contribution in [2.75, 3.05) is 0 Å². The van der Waals surface area contributed by atoms with Gasteiger partial charge in [-0.15, -0.1) is 0 Å². The summed E-state index contributed by atoms with van der Waals surface area (Å²) in [4.78, 5) is 0. The SMILES string of the molecule is CC(C)(C)C1CCC(N)(CCc2ccccc2)CC1. The van der Waals surface area contributed by atoms with Gasteiger partial charge < -0.3 is 5.73 Å². The third kappa shape index (κ3) is 4.07. The van der Waals surface area contributed by atoms with E-state index >= 15 is 0 Å². The predicted molar refractivity (Wildman–Crippen MR) is 83.1 cm³/mol. The maximum atomic E-state index is 6.61. The molecule has 19 heavy (non-hydrogen) atoms. The largest absolute Gasteiger partial charge is 0.325 e. The van der Waals surface area contributed by atoms with E-state index in [-0.39, 0.29) is 5.54 Å². The maximum absolute atomic E-state index is 6.61. The van der Waals surface area contributed by atoms with Gasteiger partial charge in [-0.2, -0.15) is 0 Å². The van der Waals surface area contributed by atoms with E-state index in [2.05, 4.69) is 51.1 Å². The molecule has 1 aliphatic rings. The van der Waals surface area contributed by atoms with Gasteiger partial charge in [0.1, 0.15) is 0 Å². The van der Waals surface area contributed by atoms with Gasteiger partial charge in [0.15, 0.2) is 0 Å². The highest BCUT2D eigenvalue weighted by molar-refractivity contribution is 5.15. The number of aryl methyl sites for hydroxylation is 1. The summed E-state index contributed by atoms with van der Waals surface area (Å²) in [5, 5.41) is 0. The first kappa shape index (κ1) is 14.6. The lowest BCUT2D eigenvalue weighted by molar-refractivity contribution is 0.130. The molecule has 0 atom stereocenters. The number of hydrogen-bond acceptors (Lipinski definition) is 1. The Morgan fingerprint density at radius 1 is 1.11 bits per heavy atom. The van der Waals surface area contributed by atoms with Gasteiger partial charge in [0.25, 0.3) is 0 Å². The summed E-state index contributed by atoms with van der Waals surface area (Å²) in [6.45, 7) is 7.10. The van der Waals surface area contributed by atoms with E-state index in [9.17, 15) is 0 Å². The minimum absolute atomic E-state index is 0.0809. The first-order chi connectivity index (χ1) is 8.89. The molecule has 0 aromatic heterocycles. The molecule has 2 rings (SSSR count). The van der Waals surface area contributed by atoms with Crippen molar-refractivity contribution < 1.29 is 0 Å². The van der Waals surface area contributed by atoms with E-state index in [0.717, 1.165) is 18.8 Å². The average Bonchev–Trinajstić information content (AvgIpc) is 2.37. The summed E-state index contributed by atoms with van der Waals surface area (Å²) in [6, 6.07) is 10.7. The van der Waals surface area contributed by atoms with Crippen LogP contribution in [0.5, 0.6) is 0 Å². The molecule has 0 saturated heterocycles. The van der Waals surface area contributed by atoms with Crippen LogP contribution in [0.2, 0.25) is 0 Å². The summed E-state index contributed by atoms with van der Waals surface area (Å²) in [7, 11) is 0. The Labute approximate surface area is 118 Å². The third-order valence-corrected chi connectivity index (χ3v) is 4.96. The van der Waals surface area contributed by atoms with Gasteiger partial charge in [-0.1, -0.05) is 51.1 Å². The zero-order chi connectivity index (χ0) is 13.9. The molecule has 1 aromatic carbocycles. The van der Waals surface area contributed by atoms with Gasteiger partial charge in [-0.05, 0) is 55.4 Å². The second-order valence-corrected chi connectivity index (χ2v) is 7.49. The highest BCUT2D eigenvalue weighted by Gasteiger charge is 2.35. The average molecular weight is 259 g/mol. The van der Waals surface area contributed by atoms with Crippen LogP contribution in [0.25, 0.3) is 0 Å². The Balaban J connectivity index is 1.85. The van der Waals surface area contributed by atoms with Crippen molar-refractivity contribution >= 4 is 0 Å². The summed E-state index contributed by atoms with van der Waals surface area (Å²) in [5.74, 6) is 0.848. The number of rotatable bonds is 3. The minimum Gasteiger partial charge on any atom is -0.325 e. The molecule has 0 aliphatic heterocycles. The molecule has 0 radical (unpaired) electrons. The molecule has 0 amide bonds. The molecule has 1 fully saturated rings. The molecule has 1 aliphatic carbocycles. The van der Waals surface area contributed by atoms with Crippen LogP contribution in [0.15, 0.2) is 30.3 Å². The Hall–Kier alpha value is -0.820. The zero-order valence-electron chi connectivity index (χ0n) is 12.8. The van der Waals surface area contributed by atoms with Crippen molar-refractivity contribution in [2.24, 2.45) is 17.1 Å². The maximum Gasteiger partial charge on any atom is 0.0157 e. The van der Waals surface area contributed by atoms with Crippen LogP contribution in [0.1, 0.15) is 58.4 Å². The van der Waals surface area contributed by atoms with Gasteiger partial charge in [-0.3, -0.25) is 0 Å². The molecule has 2 N–H and O–H groups in total. The second-order valence-electron chi connectivity index (χ2n) is 7.49. The van der Waals surface area contributed by atoms with Crippen molar-refractivity contribution in [3.8, 4) is 0 Å². The van der Waals surface area contributed by atoms with E-state index in [1.54, 1.807) is 0 Å². The van der Waals surface area contributed by atoms with Crippen molar-refractivity contribution in [3.05, 3.63) is 35.9 Å². The minimum atomic E-state index is 0.0809. The number of nitrogens with two attached hydrogens (primary N) is 1. The fourth-order valence-electron chi connectivity index (χ4n) is 3.35. The zero-order valence-corrected chi connectivity index (χ0v) is 12.8. The molecule has 0 bridgehead atoms. The molecule has 0 spiro atoms. The first-order valence-electron chi connectivity index (χ1n) is 7.72. The molecule has 0 unspecified atom stereocenters. The number of hydrogen-bond donors (Lipinski definition) is 1. The highest BCUT2D eigenvalue weighted by atomic mass is 14.7. The monoisotopic (exact) mass is 259 g/mol. The van der Waals surface area contributed by atoms with E-state index in [1.807, 2.05) is 0 Å². The summed E-state index contributed by atoms with van der Waals surface area (Å²) >= 11 is 0. The summed E-state index contributed by atoms with van der Waals surface area (Å²) in [6.07, 6.45) is 7.25. The molecular formula is C18H29N. The van der Waals surface area contributed by atoms with Gasteiger partial charge in [0.05, 0.1) is 0 Å². The van der Waals surface area contributed by atoms with Crippen LogP contribution in [0, 0.1) is 11.3 Å². The molecule has 1 saturated carbocycles. The topological polar surface area (TPSA) is 26.0 Å². The Bertz CT molecular complexity index is 380. The van der Waals surface area contributed by atoms with Gasteiger partial charge in [-0.25, -0.2) is 0 Å². The quantitative estimate of drug-likeness (QED) is 0.846. The molecule has 1 aromatic rings. The van der Waals surface area contributed by atoms with Crippen molar-refractivity contribution in [1.29, 1.82) is 0 Å². The van der Waals surface area contributed by atoms with Crippen molar-refractivity contribution in [2.45, 2.75) is 64.8 Å². The smallest absolute Gasteiger partial charge is 0.0157 e. The van der Waals surface area contributed by atoms with Crippen LogP contribution >= 0.6 is 0 Å². The Kier molecular flexibility index (Phi) is 4.35. The molecule has 1 nitrogen and oxygen atoms in total. The normalized spacial score (nSPS) is 28.3. The van der Waals surface area contributed by atoms with Crippen molar-refractivity contribution in [3.63, 3.8) is 0 Å². The van der Waals surface area contributed by atoms with Crippen LogP contribution < -0.4 is 5.73 Å². The molecule has 106 valence electrons.